The topological polar surface area (TPSA) is 63.6 Å². The third-order valence-electron chi connectivity index (χ3n) is 2.05. The lowest BCUT2D eigenvalue weighted by Gasteiger charge is -2.08. The number of ether oxygens (including phenoxy) is 1. The molecule has 1 aromatic rings. The largest absolute Gasteiger partial charge is 0.496 e. The number of Topliss-reactive ketones (excluding diaryl/α,β-unsaturated/α-hetero) is 1. The molecule has 0 aliphatic carbocycles. The van der Waals surface area contributed by atoms with Gasteiger partial charge in [-0.3, -0.25) is 4.79 Å². The molecule has 0 spiro atoms. The molecule has 1 rings (SSSR count). The number of aromatic carboxylic acids is 1. The summed E-state index contributed by atoms with van der Waals surface area (Å²) in [6, 6.07) is 3.23. The smallest absolute Gasteiger partial charge is 0.340 e. The standard InChI is InChI=1S/C13H12O4/c1-8-6-10(5-4-9(2)14)12(13(15)16)11(7-8)17-3/h6-7H,1-3H3,(H,15,16). The highest BCUT2D eigenvalue weighted by molar-refractivity contribution is 5.97. The molecule has 0 aromatic heterocycles. The number of methoxy groups -OCH3 is 1. The normalized spacial score (nSPS) is 9.12. The molecule has 0 radical (unpaired) electrons. The van der Waals surface area contributed by atoms with E-state index >= 15 is 0 Å². The van der Waals surface area contributed by atoms with Crippen molar-refractivity contribution < 1.29 is 19.4 Å². The van der Waals surface area contributed by atoms with Crippen molar-refractivity contribution in [1.29, 1.82) is 0 Å². The van der Waals surface area contributed by atoms with Gasteiger partial charge in [-0.15, -0.1) is 0 Å². The number of carbonyl (C=O) groups excluding carboxylic acids is 1. The third-order valence-corrected chi connectivity index (χ3v) is 2.05. The lowest BCUT2D eigenvalue weighted by atomic mass is 10.0. The maximum atomic E-state index is 11.1. The van der Waals surface area contributed by atoms with Crippen LogP contribution in [0.4, 0.5) is 0 Å². The summed E-state index contributed by atoms with van der Waals surface area (Å²) in [6.07, 6.45) is 0. The molecule has 17 heavy (non-hydrogen) atoms. The molecule has 0 aliphatic heterocycles. The molecule has 4 nitrogen and oxygen atoms in total. The fraction of sp³-hybridized carbons (Fsp3) is 0.231. The summed E-state index contributed by atoms with van der Waals surface area (Å²) < 4.78 is 5.00. The summed E-state index contributed by atoms with van der Waals surface area (Å²) in [4.78, 5) is 21.9. The van der Waals surface area contributed by atoms with Crippen molar-refractivity contribution >= 4 is 11.8 Å². The summed E-state index contributed by atoms with van der Waals surface area (Å²) in [5.74, 6) is 3.67. The molecule has 0 saturated heterocycles. The number of carbonyl (C=O) groups is 2. The molecule has 1 aromatic carbocycles. The number of carboxylic acid groups (broad SMARTS) is 1. The quantitative estimate of drug-likeness (QED) is 0.787. The van der Waals surface area contributed by atoms with Crippen LogP contribution in [0.15, 0.2) is 12.1 Å². The van der Waals surface area contributed by atoms with Crippen molar-refractivity contribution in [3.05, 3.63) is 28.8 Å². The van der Waals surface area contributed by atoms with Gasteiger partial charge in [-0.1, -0.05) is 5.92 Å². The number of hydrogen-bond donors (Lipinski definition) is 1. The van der Waals surface area contributed by atoms with Crippen molar-refractivity contribution in [3.8, 4) is 17.6 Å². The molecule has 0 atom stereocenters. The van der Waals surface area contributed by atoms with E-state index in [1.165, 1.54) is 14.0 Å². The number of carboxylic acids is 1. The predicted octanol–water partition coefficient (Wildman–Crippen LogP) is 1.64. The Balaban J connectivity index is 3.47. The van der Waals surface area contributed by atoms with E-state index in [-0.39, 0.29) is 22.7 Å². The fourth-order valence-electron chi connectivity index (χ4n) is 1.39. The van der Waals surface area contributed by atoms with Gasteiger partial charge >= 0.3 is 5.97 Å². The minimum absolute atomic E-state index is 0.0214. The minimum atomic E-state index is -1.13. The number of rotatable bonds is 2. The monoisotopic (exact) mass is 232 g/mol. The van der Waals surface area contributed by atoms with E-state index in [1.807, 2.05) is 0 Å². The summed E-state index contributed by atoms with van der Waals surface area (Å²) in [5, 5.41) is 9.10. The van der Waals surface area contributed by atoms with E-state index in [1.54, 1.807) is 19.1 Å². The Morgan fingerprint density at radius 1 is 1.35 bits per heavy atom. The van der Waals surface area contributed by atoms with E-state index in [2.05, 4.69) is 11.8 Å². The first-order chi connectivity index (χ1) is 7.95. The molecule has 0 unspecified atom stereocenters. The Bertz CT molecular complexity index is 532. The molecule has 88 valence electrons. The van der Waals surface area contributed by atoms with Crippen molar-refractivity contribution in [2.45, 2.75) is 13.8 Å². The fourth-order valence-corrected chi connectivity index (χ4v) is 1.39. The molecule has 0 amide bonds. The zero-order valence-corrected chi connectivity index (χ0v) is 9.83. The zero-order chi connectivity index (χ0) is 13.0. The van der Waals surface area contributed by atoms with Crippen molar-refractivity contribution in [2.75, 3.05) is 7.11 Å². The molecular weight excluding hydrogens is 220 g/mol. The maximum Gasteiger partial charge on any atom is 0.340 e. The third kappa shape index (κ3) is 3.08. The van der Waals surface area contributed by atoms with Gasteiger partial charge in [-0.05, 0) is 30.5 Å². The van der Waals surface area contributed by atoms with E-state index in [4.69, 9.17) is 9.84 Å². The zero-order valence-electron chi connectivity index (χ0n) is 9.83. The molecule has 0 fully saturated rings. The minimum Gasteiger partial charge on any atom is -0.496 e. The van der Waals surface area contributed by atoms with Gasteiger partial charge in [-0.25, -0.2) is 4.79 Å². The van der Waals surface area contributed by atoms with Crippen LogP contribution in [0.1, 0.15) is 28.4 Å². The van der Waals surface area contributed by atoms with Crippen LogP contribution in [0.2, 0.25) is 0 Å². The van der Waals surface area contributed by atoms with E-state index in [0.717, 1.165) is 5.56 Å². The van der Waals surface area contributed by atoms with Gasteiger partial charge in [0.15, 0.2) is 0 Å². The highest BCUT2D eigenvalue weighted by Gasteiger charge is 2.16. The summed E-state index contributed by atoms with van der Waals surface area (Å²) >= 11 is 0. The second-order valence-electron chi connectivity index (χ2n) is 3.50. The van der Waals surface area contributed by atoms with Gasteiger partial charge in [0.2, 0.25) is 5.78 Å². The Labute approximate surface area is 99.2 Å². The lowest BCUT2D eigenvalue weighted by molar-refractivity contribution is -0.111. The van der Waals surface area contributed by atoms with Crippen LogP contribution in [0, 0.1) is 18.8 Å². The van der Waals surface area contributed by atoms with E-state index in [9.17, 15) is 9.59 Å². The highest BCUT2D eigenvalue weighted by Crippen LogP contribution is 2.24. The molecule has 0 bridgehead atoms. The van der Waals surface area contributed by atoms with Gasteiger partial charge in [-0.2, -0.15) is 0 Å². The Morgan fingerprint density at radius 2 is 2.00 bits per heavy atom. The van der Waals surface area contributed by atoms with Gasteiger partial charge in [0.25, 0.3) is 0 Å². The first-order valence-corrected chi connectivity index (χ1v) is 4.90. The van der Waals surface area contributed by atoms with Gasteiger partial charge in [0.1, 0.15) is 11.3 Å². The summed E-state index contributed by atoms with van der Waals surface area (Å²) in [5.41, 5.74) is 1.08. The maximum absolute atomic E-state index is 11.1. The van der Waals surface area contributed by atoms with Gasteiger partial charge in [0, 0.05) is 12.5 Å². The van der Waals surface area contributed by atoms with Gasteiger partial charge < -0.3 is 9.84 Å². The Hall–Kier alpha value is -2.28. The second-order valence-corrected chi connectivity index (χ2v) is 3.50. The average Bonchev–Trinajstić information content (AvgIpc) is 2.24. The molecule has 0 saturated carbocycles. The van der Waals surface area contributed by atoms with Crippen LogP contribution in [-0.2, 0) is 4.79 Å². The van der Waals surface area contributed by atoms with Crippen molar-refractivity contribution in [2.24, 2.45) is 0 Å². The van der Waals surface area contributed by atoms with Crippen molar-refractivity contribution in [1.82, 2.24) is 0 Å². The lowest BCUT2D eigenvalue weighted by Crippen LogP contribution is -2.04. The summed E-state index contributed by atoms with van der Waals surface area (Å²) in [6.45, 7) is 3.12. The highest BCUT2D eigenvalue weighted by atomic mass is 16.5. The predicted molar refractivity (Wildman–Crippen MR) is 62.2 cm³/mol. The molecule has 0 aliphatic rings. The number of aryl methyl sites for hydroxylation is 1. The number of ketones is 1. The van der Waals surface area contributed by atoms with Crippen LogP contribution in [0.25, 0.3) is 0 Å². The SMILES string of the molecule is COc1cc(C)cc(C#CC(C)=O)c1C(=O)O. The second kappa shape index (κ2) is 5.17. The van der Waals surface area contributed by atoms with Gasteiger partial charge in [0.05, 0.1) is 7.11 Å². The van der Waals surface area contributed by atoms with Crippen LogP contribution in [0.5, 0.6) is 5.75 Å². The average molecular weight is 232 g/mol. The molecule has 4 heteroatoms. The Morgan fingerprint density at radius 3 is 2.47 bits per heavy atom. The van der Waals surface area contributed by atoms with Crippen LogP contribution < -0.4 is 4.74 Å². The van der Waals surface area contributed by atoms with E-state index < -0.39 is 5.97 Å². The first kappa shape index (κ1) is 12.8. The van der Waals surface area contributed by atoms with E-state index in [0.29, 0.717) is 0 Å². The molecular formula is C13H12O4. The number of hydrogen-bond acceptors (Lipinski definition) is 3. The molecule has 0 heterocycles. The Kier molecular flexibility index (Phi) is 3.89. The van der Waals surface area contributed by atoms with Crippen LogP contribution in [-0.4, -0.2) is 24.0 Å². The van der Waals surface area contributed by atoms with Crippen molar-refractivity contribution in [3.63, 3.8) is 0 Å². The van der Waals surface area contributed by atoms with Crippen LogP contribution >= 0.6 is 0 Å². The summed E-state index contributed by atoms with van der Waals surface area (Å²) in [7, 11) is 1.39. The van der Waals surface area contributed by atoms with Crippen LogP contribution in [0.3, 0.4) is 0 Å². The number of benzene rings is 1. The molecule has 1 N–H and O–H groups in total. The first-order valence-electron chi connectivity index (χ1n) is 4.90.